The molecule has 0 spiro atoms. The van der Waals surface area contributed by atoms with Crippen LogP contribution in [0.5, 0.6) is 5.75 Å². The van der Waals surface area contributed by atoms with E-state index >= 15 is 0 Å². The van der Waals surface area contributed by atoms with Gasteiger partial charge in [0.15, 0.2) is 5.75 Å². The van der Waals surface area contributed by atoms with Crippen LogP contribution in [0.2, 0.25) is 0 Å². The summed E-state index contributed by atoms with van der Waals surface area (Å²) in [6.45, 7) is 0.551. The molecule has 0 saturated heterocycles. The first-order valence-electron chi connectivity index (χ1n) is 7.22. The monoisotopic (exact) mass is 325 g/mol. The van der Waals surface area contributed by atoms with Crippen molar-refractivity contribution in [1.82, 2.24) is 4.31 Å². The highest BCUT2D eigenvalue weighted by Gasteiger charge is 2.20. The first-order valence-corrected chi connectivity index (χ1v) is 7.62. The predicted octanol–water partition coefficient (Wildman–Crippen LogP) is 3.56. The Labute approximate surface area is 134 Å². The van der Waals surface area contributed by atoms with Gasteiger partial charge in [0.1, 0.15) is 0 Å². The summed E-state index contributed by atoms with van der Waals surface area (Å²) < 4.78 is 1.30. The van der Waals surface area contributed by atoms with Crippen molar-refractivity contribution in [2.45, 2.75) is 32.1 Å². The number of nitrogens with one attached hydrogen (secondary N) is 1. The van der Waals surface area contributed by atoms with Gasteiger partial charge in [-0.05, 0) is 30.9 Å². The highest BCUT2D eigenvalue weighted by molar-refractivity contribution is 7.78. The minimum atomic E-state index is -0.703. The van der Waals surface area contributed by atoms with Crippen LogP contribution in [0.3, 0.4) is 0 Å². The fourth-order valence-corrected chi connectivity index (χ4v) is 2.91. The second-order valence-corrected chi connectivity index (χ2v) is 5.96. The maximum atomic E-state index is 12.1. The molecule has 1 aliphatic carbocycles. The van der Waals surface area contributed by atoms with Crippen molar-refractivity contribution in [2.75, 3.05) is 11.9 Å². The number of benzene rings is 1. The Hall–Kier alpha value is -1.96. The Morgan fingerprint density at radius 2 is 2.09 bits per heavy atom. The maximum absolute atomic E-state index is 12.1. The van der Waals surface area contributed by atoms with Crippen LogP contribution in [0.4, 0.5) is 16.2 Å². The largest absolute Gasteiger partial charge is 0.502 e. The smallest absolute Gasteiger partial charge is 0.331 e. The van der Waals surface area contributed by atoms with Crippen molar-refractivity contribution in [3.63, 3.8) is 0 Å². The Kier molecular flexibility index (Phi) is 5.48. The SMILES string of the molecule is O=C(Nc1ccc(O)c([N+](=O)[O-])c1)N(S)CC1CCCCC1. The zero-order valence-electron chi connectivity index (χ0n) is 12.1. The Bertz CT molecular complexity index is 561. The Balaban J connectivity index is 1.95. The minimum Gasteiger partial charge on any atom is -0.502 e. The van der Waals surface area contributed by atoms with E-state index in [1.807, 2.05) is 0 Å². The van der Waals surface area contributed by atoms with Crippen molar-refractivity contribution in [2.24, 2.45) is 5.92 Å². The second kappa shape index (κ2) is 7.35. The lowest BCUT2D eigenvalue weighted by Gasteiger charge is -2.26. The van der Waals surface area contributed by atoms with Crippen LogP contribution >= 0.6 is 12.8 Å². The van der Waals surface area contributed by atoms with Crippen molar-refractivity contribution in [3.05, 3.63) is 28.3 Å². The summed E-state index contributed by atoms with van der Waals surface area (Å²) in [5.41, 5.74) is -0.201. The molecule has 0 bridgehead atoms. The Morgan fingerprint density at radius 1 is 1.41 bits per heavy atom. The lowest BCUT2D eigenvalue weighted by Crippen LogP contribution is -2.32. The lowest BCUT2D eigenvalue weighted by atomic mass is 9.89. The number of amides is 2. The summed E-state index contributed by atoms with van der Waals surface area (Å²) in [5, 5.41) is 22.7. The van der Waals surface area contributed by atoms with Gasteiger partial charge < -0.3 is 10.4 Å². The zero-order chi connectivity index (χ0) is 16.1. The number of hydrogen-bond acceptors (Lipinski definition) is 5. The van der Waals surface area contributed by atoms with Crippen molar-refractivity contribution in [1.29, 1.82) is 0 Å². The van der Waals surface area contributed by atoms with Crippen LogP contribution in [0.25, 0.3) is 0 Å². The third-order valence-corrected chi connectivity index (χ3v) is 4.16. The van der Waals surface area contributed by atoms with Crippen molar-refractivity contribution < 1.29 is 14.8 Å². The molecular weight excluding hydrogens is 306 g/mol. The molecule has 22 heavy (non-hydrogen) atoms. The molecule has 2 amide bonds. The summed E-state index contributed by atoms with van der Waals surface area (Å²) in [4.78, 5) is 22.1. The van der Waals surface area contributed by atoms with Crippen LogP contribution in [0.15, 0.2) is 18.2 Å². The number of nitrogens with zero attached hydrogens (tertiary/aromatic N) is 2. The van der Waals surface area contributed by atoms with Gasteiger partial charge in [0.05, 0.1) is 4.92 Å². The number of phenols is 1. The topological polar surface area (TPSA) is 95.7 Å². The van der Waals surface area contributed by atoms with Gasteiger partial charge in [-0.1, -0.05) is 32.1 Å². The number of anilines is 1. The molecule has 2 rings (SSSR count). The number of aromatic hydroxyl groups is 1. The molecule has 120 valence electrons. The number of phenolic OH excluding ortho intramolecular Hbond substituents is 1. The van der Waals surface area contributed by atoms with Gasteiger partial charge in [-0.3, -0.25) is 14.4 Å². The number of carbonyl (C=O) groups is 1. The molecule has 1 saturated carbocycles. The number of thiol groups is 1. The average Bonchev–Trinajstić information content (AvgIpc) is 2.49. The third-order valence-electron chi connectivity index (χ3n) is 3.81. The van der Waals surface area contributed by atoms with E-state index in [-0.39, 0.29) is 5.69 Å². The van der Waals surface area contributed by atoms with E-state index in [1.54, 1.807) is 0 Å². The van der Waals surface area contributed by atoms with Crippen LogP contribution in [0.1, 0.15) is 32.1 Å². The Morgan fingerprint density at radius 3 is 2.73 bits per heavy atom. The van der Waals surface area contributed by atoms with E-state index in [2.05, 4.69) is 18.1 Å². The molecule has 0 unspecified atom stereocenters. The second-order valence-electron chi connectivity index (χ2n) is 5.48. The van der Waals surface area contributed by atoms with Gasteiger partial charge in [0.25, 0.3) is 0 Å². The summed E-state index contributed by atoms with van der Waals surface area (Å²) in [6, 6.07) is 3.27. The van der Waals surface area contributed by atoms with E-state index in [0.29, 0.717) is 12.5 Å². The molecule has 0 aromatic heterocycles. The van der Waals surface area contributed by atoms with Crippen molar-refractivity contribution >= 4 is 30.2 Å². The number of rotatable bonds is 4. The van der Waals surface area contributed by atoms with Gasteiger partial charge in [-0.2, -0.15) is 0 Å². The zero-order valence-corrected chi connectivity index (χ0v) is 13.0. The summed E-state index contributed by atoms with van der Waals surface area (Å²) >= 11 is 4.19. The molecule has 1 aromatic rings. The number of urea groups is 1. The molecule has 8 heteroatoms. The highest BCUT2D eigenvalue weighted by Crippen LogP contribution is 2.29. The van der Waals surface area contributed by atoms with E-state index in [1.165, 1.54) is 35.7 Å². The first kappa shape index (κ1) is 16.4. The average molecular weight is 325 g/mol. The van der Waals surface area contributed by atoms with Gasteiger partial charge in [-0.15, -0.1) is 0 Å². The summed E-state index contributed by atoms with van der Waals surface area (Å²) in [5.74, 6) is 0.0130. The molecule has 0 atom stereocenters. The number of nitro benzene ring substituents is 1. The standard InChI is InChI=1S/C14H19N3O4S/c18-13-7-6-11(8-12(13)17(20)21)15-14(19)16(22)9-10-4-2-1-3-5-10/h6-8,10,18,22H,1-5,9H2,(H,15,19). The van der Waals surface area contributed by atoms with E-state index < -0.39 is 22.4 Å². The van der Waals surface area contributed by atoms with Crippen molar-refractivity contribution in [3.8, 4) is 5.75 Å². The number of hydrogen-bond donors (Lipinski definition) is 3. The van der Waals surface area contributed by atoms with E-state index in [4.69, 9.17) is 0 Å². The van der Waals surface area contributed by atoms with Crippen LogP contribution in [-0.2, 0) is 0 Å². The van der Waals surface area contributed by atoms with Gasteiger partial charge in [-0.25, -0.2) is 4.79 Å². The third kappa shape index (κ3) is 4.27. The molecule has 0 heterocycles. The number of carbonyl (C=O) groups excluding carboxylic acids is 1. The molecular formula is C14H19N3O4S. The lowest BCUT2D eigenvalue weighted by molar-refractivity contribution is -0.385. The van der Waals surface area contributed by atoms with Gasteiger partial charge in [0.2, 0.25) is 0 Å². The molecule has 1 fully saturated rings. The fourth-order valence-electron chi connectivity index (χ4n) is 2.63. The molecule has 0 aliphatic heterocycles. The van der Waals surface area contributed by atoms with Crippen LogP contribution in [-0.4, -0.2) is 26.9 Å². The summed E-state index contributed by atoms with van der Waals surface area (Å²) in [6.07, 6.45) is 5.78. The van der Waals surface area contributed by atoms with Crippen LogP contribution in [0, 0.1) is 16.0 Å². The molecule has 2 N–H and O–H groups in total. The predicted molar refractivity (Wildman–Crippen MR) is 86.0 cm³/mol. The normalized spacial score (nSPS) is 15.3. The van der Waals surface area contributed by atoms with E-state index in [9.17, 15) is 20.0 Å². The molecule has 1 aliphatic rings. The van der Waals surface area contributed by atoms with Crippen LogP contribution < -0.4 is 5.32 Å². The van der Waals surface area contributed by atoms with Gasteiger partial charge >= 0.3 is 11.7 Å². The highest BCUT2D eigenvalue weighted by atomic mass is 32.1. The van der Waals surface area contributed by atoms with E-state index in [0.717, 1.165) is 18.9 Å². The molecule has 1 aromatic carbocycles. The number of nitro groups is 1. The fraction of sp³-hybridized carbons (Fsp3) is 0.500. The molecule has 0 radical (unpaired) electrons. The summed E-state index contributed by atoms with van der Waals surface area (Å²) in [7, 11) is 0. The maximum Gasteiger partial charge on any atom is 0.331 e. The molecule has 7 nitrogen and oxygen atoms in total. The minimum absolute atomic E-state index is 0.247. The first-order chi connectivity index (χ1) is 10.5. The van der Waals surface area contributed by atoms with Gasteiger partial charge in [0, 0.05) is 18.3 Å². The quantitative estimate of drug-likeness (QED) is 0.341.